The quantitative estimate of drug-likeness (QED) is 0.223. The summed E-state index contributed by atoms with van der Waals surface area (Å²) in [5.41, 5.74) is 2.27. The van der Waals surface area contributed by atoms with E-state index in [1.165, 1.54) is 43.9 Å². The van der Waals surface area contributed by atoms with Crippen molar-refractivity contribution in [2.75, 3.05) is 7.11 Å². The Morgan fingerprint density at radius 3 is 2.37 bits per heavy atom. The summed E-state index contributed by atoms with van der Waals surface area (Å²) >= 11 is 1.27. The molecule has 2 aliphatic rings. The minimum atomic E-state index is -4.62. The molecule has 0 spiro atoms. The molecular formula is C28H39F3N4O2S. The number of amides is 1. The number of methoxy groups -OCH3 is 1. The first kappa shape index (κ1) is 33.1. The number of alkyl halides is 3. The zero-order chi connectivity index (χ0) is 28.7. The predicted molar refractivity (Wildman–Crippen MR) is 150 cm³/mol. The zero-order valence-electron chi connectivity index (χ0n) is 23.3. The molecule has 1 aliphatic heterocycles. The van der Waals surface area contributed by atoms with Crippen LogP contribution in [0.4, 0.5) is 13.2 Å². The van der Waals surface area contributed by atoms with Crippen molar-refractivity contribution in [3.63, 3.8) is 0 Å². The Hall–Kier alpha value is -2.93. The molecule has 0 saturated heterocycles. The number of amidine groups is 1. The van der Waals surface area contributed by atoms with Crippen LogP contribution in [0.15, 0.2) is 35.0 Å². The maximum absolute atomic E-state index is 13.3. The van der Waals surface area contributed by atoms with E-state index < -0.39 is 17.8 Å². The number of thioether (sulfide) groups is 1. The van der Waals surface area contributed by atoms with E-state index in [2.05, 4.69) is 46.5 Å². The largest absolute Gasteiger partial charge is 0.494 e. The molecular weight excluding hydrogens is 513 g/mol. The molecule has 1 fully saturated rings. The van der Waals surface area contributed by atoms with Crippen LogP contribution in [0, 0.1) is 17.8 Å². The summed E-state index contributed by atoms with van der Waals surface area (Å²) < 4.78 is 45.0. The van der Waals surface area contributed by atoms with Crippen LogP contribution >= 0.6 is 11.8 Å². The van der Waals surface area contributed by atoms with E-state index in [9.17, 15) is 18.0 Å². The van der Waals surface area contributed by atoms with Crippen molar-refractivity contribution in [3.05, 3.63) is 41.2 Å². The summed E-state index contributed by atoms with van der Waals surface area (Å²) in [6.45, 7) is 11.8. The molecule has 1 amide bonds. The summed E-state index contributed by atoms with van der Waals surface area (Å²) in [6.07, 6.45) is 3.66. The fourth-order valence-corrected chi connectivity index (χ4v) is 3.65. The van der Waals surface area contributed by atoms with E-state index in [-0.39, 0.29) is 28.8 Å². The fraction of sp³-hybridized carbons (Fsp3) is 0.536. The Morgan fingerprint density at radius 1 is 1.21 bits per heavy atom. The highest BCUT2D eigenvalue weighted by Gasteiger charge is 2.34. The molecule has 6 nitrogen and oxygen atoms in total. The van der Waals surface area contributed by atoms with Crippen molar-refractivity contribution in [1.82, 2.24) is 15.7 Å². The van der Waals surface area contributed by atoms with E-state index in [1.807, 2.05) is 13.8 Å². The van der Waals surface area contributed by atoms with Gasteiger partial charge in [0, 0.05) is 11.5 Å². The molecule has 2 heterocycles. The number of pyridine rings is 1. The maximum atomic E-state index is 13.3. The van der Waals surface area contributed by atoms with Crippen LogP contribution in [-0.4, -0.2) is 28.5 Å². The van der Waals surface area contributed by atoms with Gasteiger partial charge in [-0.2, -0.15) is 18.3 Å². The van der Waals surface area contributed by atoms with Crippen LogP contribution in [0.3, 0.4) is 0 Å². The average Bonchev–Trinajstić information content (AvgIpc) is 3.65. The van der Waals surface area contributed by atoms with Crippen LogP contribution in [0.1, 0.15) is 85.0 Å². The summed E-state index contributed by atoms with van der Waals surface area (Å²) in [5.74, 6) is 6.30. The van der Waals surface area contributed by atoms with Crippen molar-refractivity contribution < 1.29 is 22.7 Å². The van der Waals surface area contributed by atoms with Crippen molar-refractivity contribution in [2.45, 2.75) is 85.2 Å². The fourth-order valence-electron chi connectivity index (χ4n) is 2.94. The maximum Gasteiger partial charge on any atom is 0.433 e. The van der Waals surface area contributed by atoms with Crippen molar-refractivity contribution in [2.24, 2.45) is 11.0 Å². The van der Waals surface area contributed by atoms with Gasteiger partial charge in [0.15, 0.2) is 10.5 Å². The lowest BCUT2D eigenvalue weighted by Crippen LogP contribution is -2.29. The highest BCUT2D eigenvalue weighted by atomic mass is 32.2. The van der Waals surface area contributed by atoms with E-state index >= 15 is 0 Å². The topological polar surface area (TPSA) is 75.6 Å². The number of nitrogens with zero attached hydrogens (tertiary/aromatic N) is 2. The minimum absolute atomic E-state index is 0.0274. The Morgan fingerprint density at radius 2 is 1.87 bits per heavy atom. The molecule has 3 rings (SSSR count). The number of carbonyl (C=O) groups excluding carboxylic acids is 1. The normalized spacial score (nSPS) is 16.9. The molecule has 0 aromatic carbocycles. The number of carbonyl (C=O) groups is 1. The second kappa shape index (κ2) is 16.8. The summed E-state index contributed by atoms with van der Waals surface area (Å²) in [6, 6.07) is 2.05. The average molecular weight is 553 g/mol. The first-order chi connectivity index (χ1) is 18.2. The van der Waals surface area contributed by atoms with Gasteiger partial charge < -0.3 is 4.74 Å². The third kappa shape index (κ3) is 10.4. The molecule has 2 N–H and O–H groups in total. The van der Waals surface area contributed by atoms with Crippen LogP contribution in [0.5, 0.6) is 5.75 Å². The van der Waals surface area contributed by atoms with Crippen molar-refractivity contribution in [3.8, 4) is 17.6 Å². The molecule has 1 aromatic rings. The Balaban J connectivity index is 0.00000110. The molecule has 10 heteroatoms. The van der Waals surface area contributed by atoms with E-state index in [4.69, 9.17) is 4.74 Å². The van der Waals surface area contributed by atoms with Gasteiger partial charge >= 0.3 is 6.18 Å². The number of unbranched alkanes of at least 4 members (excludes halogenated alkanes) is 1. The second-order valence-electron chi connectivity index (χ2n) is 8.05. The molecule has 1 atom stereocenters. The Kier molecular flexibility index (Phi) is 14.6. The Labute approximate surface area is 229 Å². The van der Waals surface area contributed by atoms with Crippen LogP contribution < -0.4 is 15.5 Å². The summed E-state index contributed by atoms with van der Waals surface area (Å²) in [5, 5.41) is 6.89. The highest BCUT2D eigenvalue weighted by Crippen LogP contribution is 2.35. The zero-order valence-corrected chi connectivity index (χ0v) is 24.1. The minimum Gasteiger partial charge on any atom is -0.494 e. The number of ether oxygens (including phenoxy) is 1. The number of aromatic nitrogens is 1. The van der Waals surface area contributed by atoms with Crippen LogP contribution in [0.25, 0.3) is 5.57 Å². The van der Waals surface area contributed by atoms with E-state index in [0.29, 0.717) is 16.7 Å². The summed E-state index contributed by atoms with van der Waals surface area (Å²) in [7, 11) is 1.34. The molecule has 0 radical (unpaired) electrons. The predicted octanol–water partition coefficient (Wildman–Crippen LogP) is 7.14. The molecule has 1 saturated carbocycles. The van der Waals surface area contributed by atoms with Gasteiger partial charge in [0.1, 0.15) is 17.1 Å². The van der Waals surface area contributed by atoms with E-state index in [0.717, 1.165) is 18.9 Å². The van der Waals surface area contributed by atoms with Gasteiger partial charge in [0.05, 0.1) is 7.11 Å². The third-order valence-corrected chi connectivity index (χ3v) is 6.02. The van der Waals surface area contributed by atoms with Gasteiger partial charge in [-0.3, -0.25) is 15.5 Å². The van der Waals surface area contributed by atoms with Gasteiger partial charge in [0.25, 0.3) is 5.91 Å². The smallest absolute Gasteiger partial charge is 0.433 e. The summed E-state index contributed by atoms with van der Waals surface area (Å²) in [4.78, 5) is 16.8. The van der Waals surface area contributed by atoms with Gasteiger partial charge in [-0.25, -0.2) is 4.98 Å². The SMILES string of the molecule is C/C=C\C(C(=O)NC1=NNC(C#CC2CC2)S1)=C(/CC)c1nc(C(F)(F)F)ccc1OC.CC.CCCC. The highest BCUT2D eigenvalue weighted by molar-refractivity contribution is 8.14. The van der Waals surface area contributed by atoms with Gasteiger partial charge in [-0.05, 0) is 55.7 Å². The number of rotatable bonds is 6. The first-order valence-electron chi connectivity index (χ1n) is 13.0. The van der Waals surface area contributed by atoms with Crippen molar-refractivity contribution in [1.29, 1.82) is 0 Å². The number of hydrogen-bond acceptors (Lipinski definition) is 6. The van der Waals surface area contributed by atoms with Gasteiger partial charge in [0.2, 0.25) is 0 Å². The standard InChI is InChI=1S/C22H23F3N4O2S.C4H10.C2H6/c1-4-6-15(20(30)27-21-29-28-18(32-21)12-9-13-7-8-13)14(5-2)19-16(31-3)10-11-17(26-19)22(23,24)25;1-3-4-2;1-2/h4,6,10-11,13,18,28H,5,7-8H2,1-3H3,(H,27,29,30);3-4H2,1-2H3;1-2H3/b6-4-,15-14-;;. The molecule has 0 bridgehead atoms. The molecule has 38 heavy (non-hydrogen) atoms. The second-order valence-corrected chi connectivity index (χ2v) is 9.15. The van der Waals surface area contributed by atoms with Gasteiger partial charge in [-0.1, -0.05) is 71.5 Å². The van der Waals surface area contributed by atoms with Crippen LogP contribution in [-0.2, 0) is 11.0 Å². The number of nitrogens with one attached hydrogen (secondary N) is 2. The lowest BCUT2D eigenvalue weighted by molar-refractivity contribution is -0.141. The first-order valence-corrected chi connectivity index (χ1v) is 13.9. The molecule has 1 unspecified atom stereocenters. The number of halogens is 3. The Bertz CT molecular complexity index is 1070. The number of hydrogen-bond donors (Lipinski definition) is 2. The molecule has 1 aromatic heterocycles. The number of hydrazone groups is 1. The number of allylic oxidation sites excluding steroid dienone is 2. The van der Waals surface area contributed by atoms with Gasteiger partial charge in [-0.15, -0.1) is 0 Å². The van der Waals surface area contributed by atoms with Crippen LogP contribution in [0.2, 0.25) is 0 Å². The third-order valence-electron chi connectivity index (χ3n) is 5.14. The van der Waals surface area contributed by atoms with Crippen molar-refractivity contribution >= 4 is 28.4 Å². The lowest BCUT2D eigenvalue weighted by Gasteiger charge is -2.16. The molecule has 210 valence electrons. The monoisotopic (exact) mass is 552 g/mol. The lowest BCUT2D eigenvalue weighted by atomic mass is 9.99. The molecule has 1 aliphatic carbocycles. The van der Waals surface area contributed by atoms with E-state index in [1.54, 1.807) is 19.9 Å².